The molecule has 0 unspecified atom stereocenters. The van der Waals surface area contributed by atoms with Crippen molar-refractivity contribution in [3.63, 3.8) is 0 Å². The second kappa shape index (κ2) is 8.62. The molecule has 2 amide bonds. The Morgan fingerprint density at radius 2 is 1.83 bits per heavy atom. The Hall–Kier alpha value is -1.95. The van der Waals surface area contributed by atoms with Gasteiger partial charge in [0.2, 0.25) is 0 Å². The van der Waals surface area contributed by atoms with Crippen LogP contribution < -0.4 is 15.0 Å². The fourth-order valence-electron chi connectivity index (χ4n) is 2.66. The van der Waals surface area contributed by atoms with Crippen molar-refractivity contribution in [3.8, 4) is 5.75 Å². The Balaban J connectivity index is 1.73. The van der Waals surface area contributed by atoms with Crippen molar-refractivity contribution in [3.05, 3.63) is 24.3 Å². The lowest BCUT2D eigenvalue weighted by molar-refractivity contribution is 0.194. The number of benzene rings is 1. The maximum atomic E-state index is 12.1. The lowest BCUT2D eigenvalue weighted by Crippen LogP contribution is -2.52. The largest absolute Gasteiger partial charge is 0.497 e. The van der Waals surface area contributed by atoms with Crippen LogP contribution in [0.4, 0.5) is 10.5 Å². The van der Waals surface area contributed by atoms with Gasteiger partial charge in [-0.25, -0.2) is 4.79 Å². The van der Waals surface area contributed by atoms with Gasteiger partial charge in [-0.3, -0.25) is 0 Å². The highest BCUT2D eigenvalue weighted by atomic mass is 16.5. The van der Waals surface area contributed by atoms with E-state index < -0.39 is 0 Å². The molecule has 6 heteroatoms. The summed E-state index contributed by atoms with van der Waals surface area (Å²) in [6.07, 6.45) is 0.977. The fraction of sp³-hybridized carbons (Fsp3) is 0.588. The zero-order valence-corrected chi connectivity index (χ0v) is 14.4. The molecular formula is C17H28N4O2. The van der Waals surface area contributed by atoms with Crippen molar-refractivity contribution >= 4 is 11.7 Å². The van der Waals surface area contributed by atoms with Crippen molar-refractivity contribution in [1.82, 2.24) is 15.1 Å². The van der Waals surface area contributed by atoms with Gasteiger partial charge in [0, 0.05) is 38.4 Å². The SMILES string of the molecule is COc1ccc(N2CCN(C(=O)NCCCN(C)C)CC2)cc1. The molecule has 0 bridgehead atoms. The van der Waals surface area contributed by atoms with Crippen LogP contribution in [0.15, 0.2) is 24.3 Å². The number of hydrogen-bond acceptors (Lipinski definition) is 4. The van der Waals surface area contributed by atoms with Crippen molar-refractivity contribution < 1.29 is 9.53 Å². The number of nitrogens with one attached hydrogen (secondary N) is 1. The van der Waals surface area contributed by atoms with E-state index >= 15 is 0 Å². The number of ether oxygens (including phenoxy) is 1. The standard InChI is InChI=1S/C17H28N4O2/c1-19(2)10-4-9-18-17(22)21-13-11-20(12-14-21)15-5-7-16(23-3)8-6-15/h5-8H,4,9-14H2,1-3H3,(H,18,22). The third-order valence-corrected chi connectivity index (χ3v) is 4.06. The Morgan fingerprint density at radius 1 is 1.17 bits per heavy atom. The van der Waals surface area contributed by atoms with Gasteiger partial charge in [0.05, 0.1) is 7.11 Å². The Kier molecular flexibility index (Phi) is 6.52. The van der Waals surface area contributed by atoms with E-state index in [1.54, 1.807) is 7.11 Å². The number of methoxy groups -OCH3 is 1. The summed E-state index contributed by atoms with van der Waals surface area (Å²) >= 11 is 0. The number of nitrogens with zero attached hydrogens (tertiary/aromatic N) is 3. The Labute approximate surface area is 139 Å². The van der Waals surface area contributed by atoms with Gasteiger partial charge in [-0.15, -0.1) is 0 Å². The van der Waals surface area contributed by atoms with E-state index in [1.165, 1.54) is 5.69 Å². The second-order valence-electron chi connectivity index (χ2n) is 6.06. The molecule has 0 spiro atoms. The maximum Gasteiger partial charge on any atom is 0.317 e. The molecule has 2 rings (SSSR count). The highest BCUT2D eigenvalue weighted by Crippen LogP contribution is 2.20. The smallest absolute Gasteiger partial charge is 0.317 e. The lowest BCUT2D eigenvalue weighted by Gasteiger charge is -2.36. The van der Waals surface area contributed by atoms with Crippen LogP contribution in [0.1, 0.15) is 6.42 Å². The van der Waals surface area contributed by atoms with Crippen LogP contribution in [0.3, 0.4) is 0 Å². The number of amides is 2. The molecule has 1 saturated heterocycles. The summed E-state index contributed by atoms with van der Waals surface area (Å²) in [5.74, 6) is 0.865. The molecule has 0 aliphatic carbocycles. The quantitative estimate of drug-likeness (QED) is 0.807. The number of piperazine rings is 1. The van der Waals surface area contributed by atoms with Gasteiger partial charge in [-0.1, -0.05) is 0 Å². The number of rotatable bonds is 6. The van der Waals surface area contributed by atoms with E-state index in [2.05, 4.69) is 27.2 Å². The molecule has 6 nitrogen and oxygen atoms in total. The lowest BCUT2D eigenvalue weighted by atomic mass is 10.2. The molecule has 1 aliphatic heterocycles. The molecule has 1 aliphatic rings. The molecule has 0 radical (unpaired) electrons. The van der Waals surface area contributed by atoms with Crippen molar-refractivity contribution in [2.75, 3.05) is 65.4 Å². The highest BCUT2D eigenvalue weighted by Gasteiger charge is 2.20. The van der Waals surface area contributed by atoms with Crippen LogP contribution in [0.2, 0.25) is 0 Å². The molecule has 1 aromatic rings. The minimum atomic E-state index is 0.0538. The molecule has 0 saturated carbocycles. The zero-order valence-electron chi connectivity index (χ0n) is 14.4. The third kappa shape index (κ3) is 5.32. The fourth-order valence-corrected chi connectivity index (χ4v) is 2.66. The number of hydrogen-bond donors (Lipinski definition) is 1. The van der Waals surface area contributed by atoms with Gasteiger partial charge in [-0.2, -0.15) is 0 Å². The second-order valence-corrected chi connectivity index (χ2v) is 6.06. The summed E-state index contributed by atoms with van der Waals surface area (Å²) in [6, 6.07) is 8.13. The monoisotopic (exact) mass is 320 g/mol. The van der Waals surface area contributed by atoms with E-state index in [1.807, 2.05) is 31.1 Å². The molecule has 0 aromatic heterocycles. The third-order valence-electron chi connectivity index (χ3n) is 4.06. The number of anilines is 1. The molecule has 1 fully saturated rings. The summed E-state index contributed by atoms with van der Waals surface area (Å²) in [6.45, 7) is 4.95. The van der Waals surface area contributed by atoms with Gasteiger partial charge in [-0.05, 0) is 51.3 Å². The first-order valence-corrected chi connectivity index (χ1v) is 8.16. The van der Waals surface area contributed by atoms with E-state index in [0.717, 1.165) is 51.4 Å². The van der Waals surface area contributed by atoms with Gasteiger partial charge in [0.1, 0.15) is 5.75 Å². The number of urea groups is 1. The zero-order chi connectivity index (χ0) is 16.7. The minimum absolute atomic E-state index is 0.0538. The Morgan fingerprint density at radius 3 is 2.39 bits per heavy atom. The molecule has 1 N–H and O–H groups in total. The van der Waals surface area contributed by atoms with Crippen LogP contribution in [0, 0.1) is 0 Å². The van der Waals surface area contributed by atoms with Gasteiger partial charge < -0.3 is 24.8 Å². The van der Waals surface area contributed by atoms with Crippen molar-refractivity contribution in [1.29, 1.82) is 0 Å². The van der Waals surface area contributed by atoms with E-state index in [0.29, 0.717) is 0 Å². The number of carbonyl (C=O) groups is 1. The summed E-state index contributed by atoms with van der Waals surface area (Å²) < 4.78 is 5.18. The first-order chi connectivity index (χ1) is 11.1. The topological polar surface area (TPSA) is 48.1 Å². The van der Waals surface area contributed by atoms with E-state index in [-0.39, 0.29) is 6.03 Å². The molecule has 1 heterocycles. The predicted molar refractivity (Wildman–Crippen MR) is 93.3 cm³/mol. The van der Waals surface area contributed by atoms with Crippen LogP contribution >= 0.6 is 0 Å². The minimum Gasteiger partial charge on any atom is -0.497 e. The van der Waals surface area contributed by atoms with Crippen LogP contribution in [-0.2, 0) is 0 Å². The number of carbonyl (C=O) groups excluding carboxylic acids is 1. The molecular weight excluding hydrogens is 292 g/mol. The molecule has 23 heavy (non-hydrogen) atoms. The average molecular weight is 320 g/mol. The van der Waals surface area contributed by atoms with Gasteiger partial charge in [0.25, 0.3) is 0 Å². The maximum absolute atomic E-state index is 12.1. The van der Waals surface area contributed by atoms with Crippen LogP contribution in [-0.4, -0.2) is 76.3 Å². The normalized spacial score (nSPS) is 15.0. The van der Waals surface area contributed by atoms with Crippen LogP contribution in [0.5, 0.6) is 5.75 Å². The summed E-state index contributed by atoms with van der Waals surface area (Å²) in [4.78, 5) is 18.5. The first kappa shape index (κ1) is 17.4. The first-order valence-electron chi connectivity index (χ1n) is 8.16. The van der Waals surface area contributed by atoms with Crippen molar-refractivity contribution in [2.24, 2.45) is 0 Å². The highest BCUT2D eigenvalue weighted by molar-refractivity contribution is 5.74. The van der Waals surface area contributed by atoms with Crippen molar-refractivity contribution in [2.45, 2.75) is 6.42 Å². The summed E-state index contributed by atoms with van der Waals surface area (Å²) in [5, 5.41) is 3.00. The van der Waals surface area contributed by atoms with E-state index in [9.17, 15) is 4.79 Å². The van der Waals surface area contributed by atoms with Crippen LogP contribution in [0.25, 0.3) is 0 Å². The van der Waals surface area contributed by atoms with Gasteiger partial charge in [0.15, 0.2) is 0 Å². The predicted octanol–water partition coefficient (Wildman–Crippen LogP) is 1.48. The van der Waals surface area contributed by atoms with E-state index in [4.69, 9.17) is 4.74 Å². The summed E-state index contributed by atoms with van der Waals surface area (Å²) in [7, 11) is 5.76. The molecule has 1 aromatic carbocycles. The van der Waals surface area contributed by atoms with Gasteiger partial charge >= 0.3 is 6.03 Å². The summed E-state index contributed by atoms with van der Waals surface area (Å²) in [5.41, 5.74) is 1.18. The Bertz CT molecular complexity index is 482. The molecule has 128 valence electrons. The average Bonchev–Trinajstić information content (AvgIpc) is 2.58. The molecule has 0 atom stereocenters.